The summed E-state index contributed by atoms with van der Waals surface area (Å²) in [6.07, 6.45) is 2.26. The van der Waals surface area contributed by atoms with E-state index in [1.807, 2.05) is 19.1 Å². The summed E-state index contributed by atoms with van der Waals surface area (Å²) in [6.45, 7) is 2.03. The Kier molecular flexibility index (Phi) is 7.38. The number of aryl methyl sites for hydroxylation is 1. The molecule has 0 spiro atoms. The van der Waals surface area contributed by atoms with E-state index < -0.39 is 11.8 Å². The van der Waals surface area contributed by atoms with Crippen molar-refractivity contribution < 1.29 is 23.8 Å². The van der Waals surface area contributed by atoms with Gasteiger partial charge in [0, 0.05) is 11.3 Å². The molecule has 0 atom stereocenters. The standard InChI is InChI=1S/C20H23N3O5/c1-5-13-6-8-15(9-7-13)22-19(24)20(25)23-21-12-14-10-16(26-2)18(28-4)17(11-14)27-3/h6-12H,5H2,1-4H3,(H,22,24)(H,23,25). The van der Waals surface area contributed by atoms with Gasteiger partial charge in [-0.3, -0.25) is 9.59 Å². The molecule has 2 N–H and O–H groups in total. The third-order valence-electron chi connectivity index (χ3n) is 3.89. The van der Waals surface area contributed by atoms with Crippen LogP contribution in [0.4, 0.5) is 5.69 Å². The van der Waals surface area contributed by atoms with Crippen LogP contribution in [0.15, 0.2) is 41.5 Å². The lowest BCUT2D eigenvalue weighted by Crippen LogP contribution is -2.32. The van der Waals surface area contributed by atoms with Crippen LogP contribution in [0.2, 0.25) is 0 Å². The second kappa shape index (κ2) is 9.96. The highest BCUT2D eigenvalue weighted by Gasteiger charge is 2.14. The number of carbonyl (C=O) groups excluding carboxylic acids is 2. The Hall–Kier alpha value is -3.55. The lowest BCUT2D eigenvalue weighted by Gasteiger charge is -2.12. The third kappa shape index (κ3) is 5.23. The summed E-state index contributed by atoms with van der Waals surface area (Å²) in [5.41, 5.74) is 4.44. The maximum absolute atomic E-state index is 11.9. The summed E-state index contributed by atoms with van der Waals surface area (Å²) in [5.74, 6) is -0.361. The number of hydrazone groups is 1. The van der Waals surface area contributed by atoms with Crippen LogP contribution in [0, 0.1) is 0 Å². The van der Waals surface area contributed by atoms with Crippen LogP contribution in [-0.4, -0.2) is 39.4 Å². The number of benzene rings is 2. The molecule has 2 amide bonds. The van der Waals surface area contributed by atoms with Crippen LogP contribution in [0.3, 0.4) is 0 Å². The molecule has 0 saturated carbocycles. The van der Waals surface area contributed by atoms with Crippen molar-refractivity contribution in [2.75, 3.05) is 26.6 Å². The molecule has 0 radical (unpaired) electrons. The van der Waals surface area contributed by atoms with E-state index in [-0.39, 0.29) is 0 Å². The number of hydrogen-bond donors (Lipinski definition) is 2. The fourth-order valence-corrected chi connectivity index (χ4v) is 2.40. The highest BCUT2D eigenvalue weighted by molar-refractivity contribution is 6.39. The first kappa shape index (κ1) is 20.8. The predicted molar refractivity (Wildman–Crippen MR) is 106 cm³/mol. The molecule has 2 aromatic carbocycles. The fraction of sp³-hybridized carbons (Fsp3) is 0.250. The first-order chi connectivity index (χ1) is 13.5. The average Bonchev–Trinajstić information content (AvgIpc) is 2.73. The van der Waals surface area contributed by atoms with E-state index in [0.717, 1.165) is 12.0 Å². The molecule has 148 valence electrons. The zero-order valence-corrected chi connectivity index (χ0v) is 16.2. The smallest absolute Gasteiger partial charge is 0.329 e. The molecule has 0 unspecified atom stereocenters. The maximum Gasteiger partial charge on any atom is 0.329 e. The van der Waals surface area contributed by atoms with Gasteiger partial charge in [0.05, 0.1) is 27.5 Å². The molecular weight excluding hydrogens is 362 g/mol. The first-order valence-electron chi connectivity index (χ1n) is 8.55. The lowest BCUT2D eigenvalue weighted by molar-refractivity contribution is -0.136. The van der Waals surface area contributed by atoms with E-state index in [1.165, 1.54) is 27.5 Å². The number of carbonyl (C=O) groups is 2. The summed E-state index contributed by atoms with van der Waals surface area (Å²) in [4.78, 5) is 23.8. The maximum atomic E-state index is 11.9. The minimum absolute atomic E-state index is 0.444. The molecular formula is C20H23N3O5. The third-order valence-corrected chi connectivity index (χ3v) is 3.89. The van der Waals surface area contributed by atoms with E-state index in [1.54, 1.807) is 24.3 Å². The van der Waals surface area contributed by atoms with Gasteiger partial charge in [-0.25, -0.2) is 5.43 Å². The summed E-state index contributed by atoms with van der Waals surface area (Å²) < 4.78 is 15.7. The van der Waals surface area contributed by atoms with Crippen LogP contribution in [0.5, 0.6) is 17.2 Å². The molecule has 0 saturated heterocycles. The Morgan fingerprint density at radius 3 is 2.07 bits per heavy atom. The molecule has 0 aliphatic heterocycles. The Labute approximate surface area is 163 Å². The highest BCUT2D eigenvalue weighted by Crippen LogP contribution is 2.37. The summed E-state index contributed by atoms with van der Waals surface area (Å²) in [7, 11) is 4.50. The number of hydrogen-bond acceptors (Lipinski definition) is 6. The van der Waals surface area contributed by atoms with E-state index >= 15 is 0 Å². The average molecular weight is 385 g/mol. The quantitative estimate of drug-likeness (QED) is 0.433. The van der Waals surface area contributed by atoms with Crippen molar-refractivity contribution in [3.8, 4) is 17.2 Å². The normalized spacial score (nSPS) is 10.4. The molecule has 2 aromatic rings. The number of ether oxygens (including phenoxy) is 3. The van der Waals surface area contributed by atoms with E-state index in [2.05, 4.69) is 15.8 Å². The first-order valence-corrected chi connectivity index (χ1v) is 8.55. The van der Waals surface area contributed by atoms with Gasteiger partial charge in [-0.05, 0) is 36.2 Å². The van der Waals surface area contributed by atoms with Crippen LogP contribution in [-0.2, 0) is 16.0 Å². The summed E-state index contributed by atoms with van der Waals surface area (Å²) in [6, 6.07) is 10.6. The zero-order chi connectivity index (χ0) is 20.5. The minimum Gasteiger partial charge on any atom is -0.493 e. The molecule has 0 fully saturated rings. The van der Waals surface area contributed by atoms with Gasteiger partial charge in [-0.15, -0.1) is 0 Å². The van der Waals surface area contributed by atoms with Crippen molar-refractivity contribution in [3.05, 3.63) is 47.5 Å². The molecule has 2 rings (SSSR count). The Morgan fingerprint density at radius 2 is 1.57 bits per heavy atom. The molecule has 0 aromatic heterocycles. The van der Waals surface area contributed by atoms with Gasteiger partial charge < -0.3 is 19.5 Å². The van der Waals surface area contributed by atoms with Gasteiger partial charge in [0.15, 0.2) is 11.5 Å². The molecule has 0 bridgehead atoms. The molecule has 28 heavy (non-hydrogen) atoms. The van der Waals surface area contributed by atoms with Gasteiger partial charge in [-0.2, -0.15) is 5.10 Å². The van der Waals surface area contributed by atoms with Gasteiger partial charge in [-0.1, -0.05) is 19.1 Å². The van der Waals surface area contributed by atoms with Gasteiger partial charge in [0.1, 0.15) is 0 Å². The molecule has 8 heteroatoms. The van der Waals surface area contributed by atoms with E-state index in [4.69, 9.17) is 14.2 Å². The van der Waals surface area contributed by atoms with Crippen molar-refractivity contribution in [1.82, 2.24) is 5.43 Å². The summed E-state index contributed by atoms with van der Waals surface area (Å²) >= 11 is 0. The Bertz CT molecular complexity index is 838. The monoisotopic (exact) mass is 385 g/mol. The van der Waals surface area contributed by atoms with Crippen LogP contribution >= 0.6 is 0 Å². The second-order valence-corrected chi connectivity index (χ2v) is 5.66. The Balaban J connectivity index is 2.01. The van der Waals surface area contributed by atoms with Crippen LogP contribution in [0.25, 0.3) is 0 Å². The fourth-order valence-electron chi connectivity index (χ4n) is 2.40. The molecule has 0 heterocycles. The van der Waals surface area contributed by atoms with Gasteiger partial charge in [0.25, 0.3) is 0 Å². The van der Waals surface area contributed by atoms with Crippen molar-refractivity contribution in [1.29, 1.82) is 0 Å². The number of amides is 2. The molecule has 8 nitrogen and oxygen atoms in total. The van der Waals surface area contributed by atoms with E-state index in [9.17, 15) is 9.59 Å². The van der Waals surface area contributed by atoms with Crippen molar-refractivity contribution in [3.63, 3.8) is 0 Å². The predicted octanol–water partition coefficient (Wildman–Crippen LogP) is 2.36. The van der Waals surface area contributed by atoms with E-state index in [0.29, 0.717) is 28.5 Å². The number of methoxy groups -OCH3 is 3. The van der Waals surface area contributed by atoms with Crippen molar-refractivity contribution in [2.24, 2.45) is 5.10 Å². The summed E-state index contributed by atoms with van der Waals surface area (Å²) in [5, 5.41) is 6.31. The largest absolute Gasteiger partial charge is 0.493 e. The number of rotatable bonds is 7. The van der Waals surface area contributed by atoms with Gasteiger partial charge >= 0.3 is 11.8 Å². The lowest BCUT2D eigenvalue weighted by atomic mass is 10.1. The van der Waals surface area contributed by atoms with Crippen molar-refractivity contribution >= 4 is 23.7 Å². The van der Waals surface area contributed by atoms with Crippen molar-refractivity contribution in [2.45, 2.75) is 13.3 Å². The second-order valence-electron chi connectivity index (χ2n) is 5.66. The topological polar surface area (TPSA) is 98.3 Å². The number of anilines is 1. The van der Waals surface area contributed by atoms with Crippen LogP contribution in [0.1, 0.15) is 18.1 Å². The molecule has 0 aliphatic carbocycles. The zero-order valence-electron chi connectivity index (χ0n) is 16.2. The molecule has 0 aliphatic rings. The highest BCUT2D eigenvalue weighted by atomic mass is 16.5. The minimum atomic E-state index is -0.886. The van der Waals surface area contributed by atoms with Crippen LogP contribution < -0.4 is 25.0 Å². The Morgan fingerprint density at radius 1 is 0.964 bits per heavy atom. The number of nitrogens with zero attached hydrogens (tertiary/aromatic N) is 1. The number of nitrogens with one attached hydrogen (secondary N) is 2. The SMILES string of the molecule is CCc1ccc(NC(=O)C(=O)NN=Cc2cc(OC)c(OC)c(OC)c2)cc1. The van der Waals surface area contributed by atoms with Gasteiger partial charge in [0.2, 0.25) is 5.75 Å².